The number of likely N-dealkylation sites (tertiary alicyclic amines) is 1. The molecule has 0 aromatic heterocycles. The highest BCUT2D eigenvalue weighted by molar-refractivity contribution is 5.84. The third-order valence-corrected chi connectivity index (χ3v) is 4.19. The minimum absolute atomic E-state index is 0.0578. The van der Waals surface area contributed by atoms with E-state index in [0.29, 0.717) is 6.61 Å². The van der Waals surface area contributed by atoms with Gasteiger partial charge in [0.2, 0.25) is 0 Å². The molecule has 0 aliphatic carbocycles. The van der Waals surface area contributed by atoms with Gasteiger partial charge in [0.05, 0.1) is 11.8 Å². The molecule has 2 aliphatic rings. The molecule has 4 unspecified atom stereocenters. The predicted molar refractivity (Wildman–Crippen MR) is 67.0 cm³/mol. The third kappa shape index (κ3) is 2.77. The number of carbonyl (C=O) groups excluding carboxylic acids is 1. The fraction of sp³-hybridized carbons (Fsp3) is 0.769. The normalized spacial score (nSPS) is 34.0. The lowest BCUT2D eigenvalue weighted by molar-refractivity contribution is -0.161. The zero-order valence-electron chi connectivity index (χ0n) is 11.3. The van der Waals surface area contributed by atoms with Gasteiger partial charge in [0.15, 0.2) is 0 Å². The number of ether oxygens (including phenoxy) is 1. The van der Waals surface area contributed by atoms with E-state index in [1.165, 1.54) is 4.90 Å². The Balaban J connectivity index is 2.06. The number of carboxylic acids is 2. The number of rotatable bonds is 3. The van der Waals surface area contributed by atoms with E-state index in [9.17, 15) is 14.4 Å². The summed E-state index contributed by atoms with van der Waals surface area (Å²) in [5.41, 5.74) is 0. The number of piperidine rings is 1. The molecule has 0 aromatic carbocycles. The van der Waals surface area contributed by atoms with Crippen LogP contribution in [0.4, 0.5) is 0 Å². The van der Waals surface area contributed by atoms with Crippen molar-refractivity contribution >= 4 is 17.8 Å². The Morgan fingerprint density at radius 2 is 1.75 bits per heavy atom. The number of amides is 1. The third-order valence-electron chi connectivity index (χ3n) is 4.19. The number of carboxylic acid groups (broad SMARTS) is 2. The van der Waals surface area contributed by atoms with Crippen molar-refractivity contribution in [3.8, 4) is 0 Å². The molecular weight excluding hydrogens is 266 g/mol. The van der Waals surface area contributed by atoms with Crippen LogP contribution in [0.3, 0.4) is 0 Å². The van der Waals surface area contributed by atoms with Crippen LogP contribution in [-0.2, 0) is 19.1 Å². The second-order valence-electron chi connectivity index (χ2n) is 5.52. The Labute approximate surface area is 116 Å². The molecule has 2 rings (SSSR count). The van der Waals surface area contributed by atoms with Gasteiger partial charge >= 0.3 is 11.9 Å². The number of hydrogen-bond donors (Lipinski definition) is 2. The van der Waals surface area contributed by atoms with Gasteiger partial charge in [-0.15, -0.1) is 0 Å². The van der Waals surface area contributed by atoms with Gasteiger partial charge < -0.3 is 19.8 Å². The number of hydrogen-bond acceptors (Lipinski definition) is 4. The van der Waals surface area contributed by atoms with Gasteiger partial charge in [0.1, 0.15) is 6.10 Å². The first-order chi connectivity index (χ1) is 9.41. The predicted octanol–water partition coefficient (Wildman–Crippen LogP) is 0.0453. The molecule has 2 fully saturated rings. The van der Waals surface area contributed by atoms with Crippen molar-refractivity contribution in [3.63, 3.8) is 0 Å². The van der Waals surface area contributed by atoms with Gasteiger partial charge in [-0.3, -0.25) is 14.4 Å². The molecule has 20 heavy (non-hydrogen) atoms. The fourth-order valence-corrected chi connectivity index (χ4v) is 2.89. The van der Waals surface area contributed by atoms with E-state index in [4.69, 9.17) is 14.9 Å². The summed E-state index contributed by atoms with van der Waals surface area (Å²) in [7, 11) is 0. The Morgan fingerprint density at radius 3 is 2.25 bits per heavy atom. The van der Waals surface area contributed by atoms with E-state index in [-0.39, 0.29) is 31.3 Å². The summed E-state index contributed by atoms with van der Waals surface area (Å²) in [6, 6.07) is 0. The molecule has 0 aromatic rings. The second kappa shape index (κ2) is 5.78. The Kier molecular flexibility index (Phi) is 4.27. The Hall–Kier alpha value is -1.63. The zero-order chi connectivity index (χ0) is 14.9. The minimum atomic E-state index is -1.17. The lowest BCUT2D eigenvalue weighted by Gasteiger charge is -2.36. The first-order valence-electron chi connectivity index (χ1n) is 6.77. The summed E-state index contributed by atoms with van der Waals surface area (Å²) in [4.78, 5) is 36.0. The minimum Gasteiger partial charge on any atom is -0.481 e. The molecule has 2 N–H and O–H groups in total. The monoisotopic (exact) mass is 285 g/mol. The van der Waals surface area contributed by atoms with E-state index in [1.807, 2.05) is 6.92 Å². The van der Waals surface area contributed by atoms with E-state index in [1.54, 1.807) is 0 Å². The number of nitrogens with zero attached hydrogens (tertiary/aromatic N) is 1. The van der Waals surface area contributed by atoms with Crippen LogP contribution in [0.1, 0.15) is 19.8 Å². The molecular formula is C13H19NO6. The molecule has 0 radical (unpaired) electrons. The quantitative estimate of drug-likeness (QED) is 0.759. The number of aliphatic carboxylic acids is 2. The Morgan fingerprint density at radius 1 is 1.10 bits per heavy atom. The van der Waals surface area contributed by atoms with Crippen LogP contribution < -0.4 is 0 Å². The van der Waals surface area contributed by atoms with Gasteiger partial charge in [0, 0.05) is 19.7 Å². The summed E-state index contributed by atoms with van der Waals surface area (Å²) >= 11 is 0. The summed E-state index contributed by atoms with van der Waals surface area (Å²) in [6.07, 6.45) is 0.453. The molecule has 4 atom stereocenters. The van der Waals surface area contributed by atoms with Crippen LogP contribution in [0.25, 0.3) is 0 Å². The topological polar surface area (TPSA) is 104 Å². The van der Waals surface area contributed by atoms with Gasteiger partial charge in [-0.1, -0.05) is 6.92 Å². The largest absolute Gasteiger partial charge is 0.481 e. The van der Waals surface area contributed by atoms with Crippen LogP contribution in [0, 0.1) is 17.8 Å². The first kappa shape index (κ1) is 14.8. The molecule has 7 nitrogen and oxygen atoms in total. The summed E-state index contributed by atoms with van der Waals surface area (Å²) < 4.78 is 5.40. The SMILES string of the molecule is CC1CCOC1C(=O)N1CCC(C(=O)O)C(C(=O)O)C1. The lowest BCUT2D eigenvalue weighted by atomic mass is 9.85. The summed E-state index contributed by atoms with van der Waals surface area (Å²) in [5, 5.41) is 18.2. The summed E-state index contributed by atoms with van der Waals surface area (Å²) in [5.74, 6) is -4.38. The molecule has 112 valence electrons. The van der Waals surface area contributed by atoms with Crippen molar-refractivity contribution in [2.45, 2.75) is 25.9 Å². The maximum absolute atomic E-state index is 12.3. The van der Waals surface area contributed by atoms with Crippen molar-refractivity contribution in [1.29, 1.82) is 0 Å². The molecule has 0 spiro atoms. The first-order valence-corrected chi connectivity index (χ1v) is 6.77. The van der Waals surface area contributed by atoms with Crippen molar-refractivity contribution in [2.75, 3.05) is 19.7 Å². The Bertz CT molecular complexity index is 423. The maximum Gasteiger partial charge on any atom is 0.309 e. The van der Waals surface area contributed by atoms with E-state index in [2.05, 4.69) is 0 Å². The van der Waals surface area contributed by atoms with Gasteiger partial charge in [0.25, 0.3) is 5.91 Å². The zero-order valence-corrected chi connectivity index (χ0v) is 11.3. The lowest BCUT2D eigenvalue weighted by Crippen LogP contribution is -2.51. The van der Waals surface area contributed by atoms with Gasteiger partial charge in [-0.25, -0.2) is 0 Å². The molecule has 2 heterocycles. The van der Waals surface area contributed by atoms with E-state index >= 15 is 0 Å². The van der Waals surface area contributed by atoms with Crippen molar-refractivity contribution in [1.82, 2.24) is 4.90 Å². The highest BCUT2D eigenvalue weighted by Crippen LogP contribution is 2.28. The average Bonchev–Trinajstić information content (AvgIpc) is 2.83. The fourth-order valence-electron chi connectivity index (χ4n) is 2.89. The molecule has 1 amide bonds. The molecule has 0 saturated carbocycles. The van der Waals surface area contributed by atoms with Crippen LogP contribution >= 0.6 is 0 Å². The van der Waals surface area contributed by atoms with Crippen LogP contribution in [0.5, 0.6) is 0 Å². The standard InChI is InChI=1S/C13H19NO6/c1-7-3-5-20-10(7)11(15)14-4-2-8(12(16)17)9(6-14)13(18)19/h7-10H,2-6H2,1H3,(H,16,17)(H,18,19). The van der Waals surface area contributed by atoms with E-state index in [0.717, 1.165) is 6.42 Å². The van der Waals surface area contributed by atoms with E-state index < -0.39 is 29.9 Å². The van der Waals surface area contributed by atoms with Gasteiger partial charge in [-0.05, 0) is 18.8 Å². The molecule has 2 aliphatic heterocycles. The van der Waals surface area contributed by atoms with Crippen molar-refractivity contribution < 1.29 is 29.3 Å². The highest BCUT2D eigenvalue weighted by atomic mass is 16.5. The summed E-state index contributed by atoms with van der Waals surface area (Å²) in [6.45, 7) is 2.67. The maximum atomic E-state index is 12.3. The average molecular weight is 285 g/mol. The smallest absolute Gasteiger partial charge is 0.309 e. The highest BCUT2D eigenvalue weighted by Gasteiger charge is 2.42. The molecule has 2 saturated heterocycles. The van der Waals surface area contributed by atoms with Crippen molar-refractivity contribution in [3.05, 3.63) is 0 Å². The van der Waals surface area contributed by atoms with Gasteiger partial charge in [-0.2, -0.15) is 0 Å². The molecule has 0 bridgehead atoms. The number of carbonyl (C=O) groups is 3. The van der Waals surface area contributed by atoms with Crippen LogP contribution in [-0.4, -0.2) is 58.8 Å². The second-order valence-corrected chi connectivity index (χ2v) is 5.52. The van der Waals surface area contributed by atoms with Crippen molar-refractivity contribution in [2.24, 2.45) is 17.8 Å². The molecule has 7 heteroatoms. The van der Waals surface area contributed by atoms with Crippen LogP contribution in [0.15, 0.2) is 0 Å². The van der Waals surface area contributed by atoms with Crippen LogP contribution in [0.2, 0.25) is 0 Å².